The molecule has 2 rings (SSSR count). The summed E-state index contributed by atoms with van der Waals surface area (Å²) in [6.07, 6.45) is 1.75. The fraction of sp³-hybridized carbons (Fsp3) is 0.538. The van der Waals surface area contributed by atoms with E-state index in [1.54, 1.807) is 13.0 Å². The molecule has 5 nitrogen and oxygen atoms in total. The van der Waals surface area contributed by atoms with Crippen molar-refractivity contribution in [2.24, 2.45) is 0 Å². The van der Waals surface area contributed by atoms with Gasteiger partial charge in [0, 0.05) is 12.6 Å². The van der Waals surface area contributed by atoms with Crippen molar-refractivity contribution in [3.8, 4) is 0 Å². The third-order valence-electron chi connectivity index (χ3n) is 3.45. The van der Waals surface area contributed by atoms with E-state index in [1.165, 1.54) is 6.07 Å². The van der Waals surface area contributed by atoms with Crippen LogP contribution in [0.5, 0.6) is 0 Å². The molecule has 3 N–H and O–H groups in total. The second-order valence-corrected chi connectivity index (χ2v) is 7.19. The van der Waals surface area contributed by atoms with Crippen molar-refractivity contribution < 1.29 is 13.2 Å². The Morgan fingerprint density at radius 1 is 1.50 bits per heavy atom. The summed E-state index contributed by atoms with van der Waals surface area (Å²) in [4.78, 5) is 0.157. The molecule has 2 atom stereocenters. The third kappa shape index (κ3) is 3.25. The number of anilines is 1. The van der Waals surface area contributed by atoms with Gasteiger partial charge in [0.15, 0.2) is 0 Å². The Balaban J connectivity index is 2.24. The van der Waals surface area contributed by atoms with Crippen LogP contribution in [0.25, 0.3) is 0 Å². The van der Waals surface area contributed by atoms with Gasteiger partial charge >= 0.3 is 0 Å². The fourth-order valence-corrected chi connectivity index (χ4v) is 4.09. The number of halogens is 1. The lowest BCUT2D eigenvalue weighted by Crippen LogP contribution is -2.41. The maximum absolute atomic E-state index is 12.4. The zero-order valence-electron chi connectivity index (χ0n) is 11.5. The molecule has 20 heavy (non-hydrogen) atoms. The molecule has 0 aliphatic carbocycles. The maximum atomic E-state index is 12.4. The van der Waals surface area contributed by atoms with Crippen LogP contribution < -0.4 is 10.5 Å². The number of benzene rings is 1. The van der Waals surface area contributed by atoms with E-state index in [4.69, 9.17) is 22.1 Å². The van der Waals surface area contributed by atoms with Gasteiger partial charge in [0.2, 0.25) is 10.0 Å². The van der Waals surface area contributed by atoms with Crippen molar-refractivity contribution in [1.29, 1.82) is 0 Å². The number of hydrogen-bond donors (Lipinski definition) is 2. The molecule has 7 heteroatoms. The van der Waals surface area contributed by atoms with Crippen molar-refractivity contribution in [3.05, 3.63) is 22.7 Å². The van der Waals surface area contributed by atoms with E-state index < -0.39 is 10.0 Å². The smallest absolute Gasteiger partial charge is 0.241 e. The van der Waals surface area contributed by atoms with Crippen LogP contribution in [-0.4, -0.2) is 27.2 Å². The van der Waals surface area contributed by atoms with Gasteiger partial charge in [0.25, 0.3) is 0 Å². The van der Waals surface area contributed by atoms with Crippen LogP contribution in [0.4, 0.5) is 5.69 Å². The van der Waals surface area contributed by atoms with Crippen LogP contribution >= 0.6 is 11.6 Å². The van der Waals surface area contributed by atoms with Crippen LogP contribution in [0.1, 0.15) is 25.3 Å². The molecule has 0 bridgehead atoms. The van der Waals surface area contributed by atoms with Gasteiger partial charge in [-0.1, -0.05) is 11.6 Å². The molecule has 1 saturated heterocycles. The topological polar surface area (TPSA) is 81.4 Å². The largest absolute Gasteiger partial charge is 0.397 e. The highest BCUT2D eigenvalue weighted by atomic mass is 35.5. The molecule has 1 aromatic carbocycles. The van der Waals surface area contributed by atoms with Crippen LogP contribution in [0.15, 0.2) is 17.0 Å². The molecule has 0 amide bonds. The van der Waals surface area contributed by atoms with Gasteiger partial charge in [0.1, 0.15) is 0 Å². The molecular weight excluding hydrogens is 300 g/mol. The number of nitrogen functional groups attached to an aromatic ring is 1. The summed E-state index contributed by atoms with van der Waals surface area (Å²) in [5, 5.41) is 0.355. The first-order valence-electron chi connectivity index (χ1n) is 6.51. The number of sulfonamides is 1. The highest BCUT2D eigenvalue weighted by Crippen LogP contribution is 2.26. The Morgan fingerprint density at radius 2 is 2.20 bits per heavy atom. The van der Waals surface area contributed by atoms with Crippen molar-refractivity contribution >= 4 is 27.3 Å². The van der Waals surface area contributed by atoms with Crippen LogP contribution in [0.2, 0.25) is 5.02 Å². The lowest BCUT2D eigenvalue weighted by atomic mass is 10.1. The standard InChI is InChI=1S/C13H19ClN2O3S/c1-8-6-10(14)11(15)7-13(8)20(17,18)16-9(2)12-4-3-5-19-12/h6-7,9,12,16H,3-5,15H2,1-2H3. The molecule has 2 unspecified atom stereocenters. The van der Waals surface area contributed by atoms with E-state index in [0.29, 0.717) is 17.2 Å². The van der Waals surface area contributed by atoms with Gasteiger partial charge in [-0.2, -0.15) is 0 Å². The summed E-state index contributed by atoms with van der Waals surface area (Å²) in [5.74, 6) is 0. The molecule has 0 saturated carbocycles. The Kier molecular flexibility index (Phi) is 4.59. The molecule has 1 aliphatic rings. The van der Waals surface area contributed by atoms with E-state index in [-0.39, 0.29) is 22.7 Å². The van der Waals surface area contributed by atoms with Crippen molar-refractivity contribution in [2.75, 3.05) is 12.3 Å². The molecule has 0 aromatic heterocycles. The van der Waals surface area contributed by atoms with Crippen LogP contribution in [-0.2, 0) is 14.8 Å². The lowest BCUT2D eigenvalue weighted by molar-refractivity contribution is 0.0902. The normalized spacial score (nSPS) is 21.1. The van der Waals surface area contributed by atoms with E-state index >= 15 is 0 Å². The van der Waals surface area contributed by atoms with Crippen LogP contribution in [0, 0.1) is 6.92 Å². The maximum Gasteiger partial charge on any atom is 0.241 e. The fourth-order valence-electron chi connectivity index (χ4n) is 2.34. The van der Waals surface area contributed by atoms with Gasteiger partial charge in [-0.15, -0.1) is 0 Å². The summed E-state index contributed by atoms with van der Waals surface area (Å²) in [7, 11) is -3.64. The molecule has 1 heterocycles. The Labute approximate surface area is 124 Å². The predicted octanol–water partition coefficient (Wildman–Crippen LogP) is 2.08. The van der Waals surface area contributed by atoms with Crippen LogP contribution in [0.3, 0.4) is 0 Å². The van der Waals surface area contributed by atoms with Gasteiger partial charge in [-0.3, -0.25) is 0 Å². The minimum atomic E-state index is -3.64. The minimum absolute atomic E-state index is 0.0743. The van der Waals surface area contributed by atoms with E-state index in [9.17, 15) is 8.42 Å². The predicted molar refractivity (Wildman–Crippen MR) is 79.4 cm³/mol. The SMILES string of the molecule is Cc1cc(Cl)c(N)cc1S(=O)(=O)NC(C)C1CCCO1. The minimum Gasteiger partial charge on any atom is -0.397 e. The summed E-state index contributed by atoms with van der Waals surface area (Å²) in [6.45, 7) is 4.18. The average molecular weight is 319 g/mol. The van der Waals surface area contributed by atoms with Crippen molar-refractivity contribution in [1.82, 2.24) is 4.72 Å². The number of ether oxygens (including phenoxy) is 1. The summed E-state index contributed by atoms with van der Waals surface area (Å²) in [5.41, 5.74) is 6.51. The van der Waals surface area contributed by atoms with Gasteiger partial charge < -0.3 is 10.5 Å². The molecular formula is C13H19ClN2O3S. The molecule has 112 valence electrons. The average Bonchev–Trinajstić information content (AvgIpc) is 2.86. The van der Waals surface area contributed by atoms with Crippen molar-refractivity contribution in [3.63, 3.8) is 0 Å². The third-order valence-corrected chi connectivity index (χ3v) is 5.48. The van der Waals surface area contributed by atoms with E-state index in [0.717, 1.165) is 12.8 Å². The first-order chi connectivity index (χ1) is 9.31. The quantitative estimate of drug-likeness (QED) is 0.833. The van der Waals surface area contributed by atoms with Gasteiger partial charge in [-0.25, -0.2) is 13.1 Å². The molecule has 1 aromatic rings. The number of rotatable bonds is 4. The second-order valence-electron chi connectivity index (χ2n) is 5.10. The second kappa shape index (κ2) is 5.89. The zero-order chi connectivity index (χ0) is 14.9. The molecule has 0 radical (unpaired) electrons. The number of hydrogen-bond acceptors (Lipinski definition) is 4. The summed E-state index contributed by atoms with van der Waals surface area (Å²) >= 11 is 5.89. The monoisotopic (exact) mass is 318 g/mol. The van der Waals surface area contributed by atoms with Gasteiger partial charge in [-0.05, 0) is 44.4 Å². The zero-order valence-corrected chi connectivity index (χ0v) is 13.1. The Hall–Kier alpha value is -0.820. The summed E-state index contributed by atoms with van der Waals surface area (Å²) < 4.78 is 33.0. The first-order valence-corrected chi connectivity index (χ1v) is 8.37. The first kappa shape index (κ1) is 15.6. The van der Waals surface area contributed by atoms with Crippen molar-refractivity contribution in [2.45, 2.75) is 43.7 Å². The van der Waals surface area contributed by atoms with Gasteiger partial charge in [0.05, 0.1) is 21.7 Å². The molecule has 0 spiro atoms. The summed E-state index contributed by atoms with van der Waals surface area (Å²) in [6, 6.07) is 2.67. The molecule has 1 fully saturated rings. The Morgan fingerprint density at radius 3 is 2.80 bits per heavy atom. The Bertz CT molecular complexity index is 598. The number of nitrogens with two attached hydrogens (primary N) is 1. The highest BCUT2D eigenvalue weighted by molar-refractivity contribution is 7.89. The molecule has 1 aliphatic heterocycles. The highest BCUT2D eigenvalue weighted by Gasteiger charge is 2.28. The van der Waals surface area contributed by atoms with E-state index in [1.807, 2.05) is 6.92 Å². The number of nitrogens with one attached hydrogen (secondary N) is 1. The van der Waals surface area contributed by atoms with E-state index in [2.05, 4.69) is 4.72 Å². The number of aryl methyl sites for hydroxylation is 1. The lowest BCUT2D eigenvalue weighted by Gasteiger charge is -2.20.